The lowest BCUT2D eigenvalue weighted by Gasteiger charge is -2.00. The van der Waals surface area contributed by atoms with Crippen LogP contribution in [0.1, 0.15) is 11.1 Å². The summed E-state index contributed by atoms with van der Waals surface area (Å²) < 4.78 is 0.938. The van der Waals surface area contributed by atoms with E-state index in [1.54, 1.807) is 6.08 Å². The van der Waals surface area contributed by atoms with Crippen molar-refractivity contribution in [2.75, 3.05) is 0 Å². The molecule has 2 nitrogen and oxygen atoms in total. The van der Waals surface area contributed by atoms with Gasteiger partial charge in [0.25, 0.3) is 0 Å². The van der Waals surface area contributed by atoms with Crippen molar-refractivity contribution >= 4 is 28.0 Å². The van der Waals surface area contributed by atoms with Gasteiger partial charge in [0.15, 0.2) is 0 Å². The van der Waals surface area contributed by atoms with Gasteiger partial charge in [-0.2, -0.15) is 0 Å². The quantitative estimate of drug-likeness (QED) is 0.808. The van der Waals surface area contributed by atoms with Crippen molar-refractivity contribution in [3.05, 3.63) is 39.9 Å². The number of aryl methyl sites for hydroxylation is 1. The van der Waals surface area contributed by atoms with Gasteiger partial charge >= 0.3 is 5.97 Å². The van der Waals surface area contributed by atoms with Gasteiger partial charge in [-0.25, -0.2) is 4.79 Å². The zero-order chi connectivity index (χ0) is 9.84. The Balaban J connectivity index is 3.02. The van der Waals surface area contributed by atoms with E-state index in [0.29, 0.717) is 0 Å². The van der Waals surface area contributed by atoms with Gasteiger partial charge in [0.1, 0.15) is 0 Å². The topological polar surface area (TPSA) is 37.3 Å². The van der Waals surface area contributed by atoms with Crippen molar-refractivity contribution in [1.82, 2.24) is 0 Å². The number of carboxylic acid groups (broad SMARTS) is 1. The summed E-state index contributed by atoms with van der Waals surface area (Å²) >= 11 is 3.39. The van der Waals surface area contributed by atoms with Crippen LogP contribution in [-0.2, 0) is 4.79 Å². The fourth-order valence-electron chi connectivity index (χ4n) is 0.960. The van der Waals surface area contributed by atoms with Gasteiger partial charge in [-0.1, -0.05) is 18.2 Å². The monoisotopic (exact) mass is 240 g/mol. The van der Waals surface area contributed by atoms with Gasteiger partial charge in [-0.15, -0.1) is 0 Å². The molecule has 3 heteroatoms. The molecule has 0 radical (unpaired) electrons. The molecule has 0 unspecified atom stereocenters. The summed E-state index contributed by atoms with van der Waals surface area (Å²) in [4.78, 5) is 10.3. The first kappa shape index (κ1) is 9.99. The molecule has 0 aromatic heterocycles. The second kappa shape index (κ2) is 4.23. The Labute approximate surface area is 85.0 Å². The lowest BCUT2D eigenvalue weighted by atomic mass is 10.1. The second-order valence-corrected chi connectivity index (χ2v) is 3.44. The molecule has 0 spiro atoms. The van der Waals surface area contributed by atoms with Crippen LogP contribution in [0.25, 0.3) is 6.08 Å². The zero-order valence-corrected chi connectivity index (χ0v) is 8.71. The highest BCUT2D eigenvalue weighted by molar-refractivity contribution is 9.10. The van der Waals surface area contributed by atoms with Gasteiger partial charge in [0, 0.05) is 10.5 Å². The molecule has 0 saturated heterocycles. The van der Waals surface area contributed by atoms with Gasteiger partial charge in [0.2, 0.25) is 0 Å². The van der Waals surface area contributed by atoms with E-state index in [0.717, 1.165) is 21.7 Å². The predicted molar refractivity (Wildman–Crippen MR) is 55.5 cm³/mol. The molecule has 0 aliphatic carbocycles. The van der Waals surface area contributed by atoms with Crippen molar-refractivity contribution in [2.24, 2.45) is 0 Å². The second-order valence-electron chi connectivity index (χ2n) is 2.65. The van der Waals surface area contributed by atoms with Crippen molar-refractivity contribution in [3.63, 3.8) is 0 Å². The van der Waals surface area contributed by atoms with Crippen LogP contribution in [0.3, 0.4) is 0 Å². The Morgan fingerprint density at radius 2 is 2.23 bits per heavy atom. The first-order valence-electron chi connectivity index (χ1n) is 3.77. The van der Waals surface area contributed by atoms with Gasteiger partial charge in [0.05, 0.1) is 0 Å². The largest absolute Gasteiger partial charge is 0.478 e. The molecular weight excluding hydrogens is 232 g/mol. The normalized spacial score (nSPS) is 10.6. The minimum absolute atomic E-state index is 0.877. The minimum Gasteiger partial charge on any atom is -0.478 e. The Morgan fingerprint density at radius 3 is 2.85 bits per heavy atom. The first-order valence-corrected chi connectivity index (χ1v) is 4.56. The third kappa shape index (κ3) is 2.70. The van der Waals surface area contributed by atoms with E-state index < -0.39 is 5.97 Å². The predicted octanol–water partition coefficient (Wildman–Crippen LogP) is 2.86. The van der Waals surface area contributed by atoms with E-state index in [1.165, 1.54) is 0 Å². The smallest absolute Gasteiger partial charge is 0.328 e. The van der Waals surface area contributed by atoms with Gasteiger partial charge in [-0.3, -0.25) is 0 Å². The highest BCUT2D eigenvalue weighted by atomic mass is 79.9. The number of halogens is 1. The van der Waals surface area contributed by atoms with Crippen LogP contribution >= 0.6 is 15.9 Å². The molecule has 0 fully saturated rings. The molecule has 1 aromatic rings. The summed E-state index contributed by atoms with van der Waals surface area (Å²) in [5.74, 6) is -0.937. The molecule has 0 heterocycles. The van der Waals surface area contributed by atoms with Crippen LogP contribution in [0.5, 0.6) is 0 Å². The average Bonchev–Trinajstić information content (AvgIpc) is 2.07. The minimum atomic E-state index is -0.937. The third-order valence-corrected chi connectivity index (χ3v) is 2.71. The maximum absolute atomic E-state index is 10.3. The van der Waals surface area contributed by atoms with E-state index >= 15 is 0 Å². The zero-order valence-electron chi connectivity index (χ0n) is 7.12. The number of carbonyl (C=O) groups is 1. The maximum Gasteiger partial charge on any atom is 0.328 e. The number of rotatable bonds is 2. The Hall–Kier alpha value is -1.09. The van der Waals surface area contributed by atoms with Crippen LogP contribution in [0.15, 0.2) is 28.7 Å². The first-order chi connectivity index (χ1) is 6.11. The number of aliphatic carboxylic acids is 1. The SMILES string of the molecule is Cc1cccc(/C=C/C(=O)O)c1Br. The van der Waals surface area contributed by atoms with Crippen molar-refractivity contribution in [1.29, 1.82) is 0 Å². The third-order valence-electron chi connectivity index (χ3n) is 1.63. The summed E-state index contributed by atoms with van der Waals surface area (Å²) in [7, 11) is 0. The molecule has 1 rings (SSSR count). The standard InChI is InChI=1S/C10H9BrO2/c1-7-3-2-4-8(10(7)11)5-6-9(12)13/h2-6H,1H3,(H,12,13)/b6-5+. The van der Waals surface area contributed by atoms with E-state index in [4.69, 9.17) is 5.11 Å². The fourth-order valence-corrected chi connectivity index (χ4v) is 1.36. The highest BCUT2D eigenvalue weighted by Gasteiger charge is 1.98. The molecule has 0 amide bonds. The molecule has 0 aliphatic heterocycles. The lowest BCUT2D eigenvalue weighted by molar-refractivity contribution is -0.131. The lowest BCUT2D eigenvalue weighted by Crippen LogP contribution is -1.86. The number of benzene rings is 1. The maximum atomic E-state index is 10.3. The molecule has 68 valence electrons. The van der Waals surface area contributed by atoms with E-state index in [2.05, 4.69) is 15.9 Å². The summed E-state index contributed by atoms with van der Waals surface area (Å²) in [6, 6.07) is 5.71. The van der Waals surface area contributed by atoms with Crippen LogP contribution in [0.4, 0.5) is 0 Å². The Kier molecular flexibility index (Phi) is 3.25. The van der Waals surface area contributed by atoms with Crippen LogP contribution in [0.2, 0.25) is 0 Å². The molecule has 13 heavy (non-hydrogen) atoms. The molecule has 1 N–H and O–H groups in total. The van der Waals surface area contributed by atoms with Crippen molar-refractivity contribution in [3.8, 4) is 0 Å². The molecule has 0 aliphatic rings. The summed E-state index contributed by atoms with van der Waals surface area (Å²) in [6.45, 7) is 1.96. The highest BCUT2D eigenvalue weighted by Crippen LogP contribution is 2.21. The molecule has 0 atom stereocenters. The molecule has 0 saturated carbocycles. The van der Waals surface area contributed by atoms with Gasteiger partial charge < -0.3 is 5.11 Å². The van der Waals surface area contributed by atoms with Crippen molar-refractivity contribution in [2.45, 2.75) is 6.92 Å². The van der Waals surface area contributed by atoms with Crippen LogP contribution in [0, 0.1) is 6.92 Å². The number of hydrogen-bond acceptors (Lipinski definition) is 1. The van der Waals surface area contributed by atoms with Crippen LogP contribution < -0.4 is 0 Å². The summed E-state index contributed by atoms with van der Waals surface area (Å²) in [6.07, 6.45) is 2.69. The average molecular weight is 241 g/mol. The van der Waals surface area contributed by atoms with Crippen LogP contribution in [-0.4, -0.2) is 11.1 Å². The van der Waals surface area contributed by atoms with E-state index in [9.17, 15) is 4.79 Å². The van der Waals surface area contributed by atoms with E-state index in [-0.39, 0.29) is 0 Å². The number of carboxylic acids is 1. The van der Waals surface area contributed by atoms with Crippen molar-refractivity contribution < 1.29 is 9.90 Å². The fraction of sp³-hybridized carbons (Fsp3) is 0.100. The summed E-state index contributed by atoms with van der Waals surface area (Å²) in [5.41, 5.74) is 1.97. The Morgan fingerprint density at radius 1 is 1.54 bits per heavy atom. The number of hydrogen-bond donors (Lipinski definition) is 1. The molecular formula is C10H9BrO2. The molecule has 0 bridgehead atoms. The summed E-state index contributed by atoms with van der Waals surface area (Å²) in [5, 5.41) is 8.43. The van der Waals surface area contributed by atoms with E-state index in [1.807, 2.05) is 25.1 Å². The van der Waals surface area contributed by atoms with Gasteiger partial charge in [-0.05, 0) is 40.1 Å². The Bertz CT molecular complexity index is 356. The molecule has 1 aromatic carbocycles.